The number of non-ortho nitro benzene ring substituents is 1. The predicted octanol–water partition coefficient (Wildman–Crippen LogP) is 1.20. The van der Waals surface area contributed by atoms with Gasteiger partial charge in [-0.3, -0.25) is 10.1 Å². The molecule has 0 spiro atoms. The lowest BCUT2D eigenvalue weighted by Crippen LogP contribution is -2.38. The molecule has 0 unspecified atom stereocenters. The quantitative estimate of drug-likeness (QED) is 0.603. The lowest BCUT2D eigenvalue weighted by Gasteiger charge is -2.14. The van der Waals surface area contributed by atoms with Gasteiger partial charge in [0.15, 0.2) is 0 Å². The van der Waals surface area contributed by atoms with Crippen LogP contribution in [0.4, 0.5) is 5.69 Å². The van der Waals surface area contributed by atoms with Crippen molar-refractivity contribution in [2.75, 3.05) is 6.54 Å². The zero-order chi connectivity index (χ0) is 14.6. The van der Waals surface area contributed by atoms with Crippen molar-refractivity contribution in [1.82, 2.24) is 4.72 Å². The molecule has 0 saturated heterocycles. The molecular formula is C11H18ClN3O4S. The molecule has 0 bridgehead atoms. The Morgan fingerprint density at radius 3 is 2.50 bits per heavy atom. The molecule has 1 atom stereocenters. The van der Waals surface area contributed by atoms with Gasteiger partial charge in [-0.25, -0.2) is 13.1 Å². The molecule has 1 aromatic carbocycles. The first-order valence-electron chi connectivity index (χ1n) is 5.81. The summed E-state index contributed by atoms with van der Waals surface area (Å²) in [7, 11) is -3.80. The van der Waals surface area contributed by atoms with Gasteiger partial charge >= 0.3 is 0 Å². The van der Waals surface area contributed by atoms with Crippen molar-refractivity contribution < 1.29 is 13.3 Å². The molecule has 0 aliphatic heterocycles. The van der Waals surface area contributed by atoms with E-state index in [0.717, 1.165) is 6.07 Å². The number of sulfonamides is 1. The van der Waals surface area contributed by atoms with Gasteiger partial charge in [0.25, 0.3) is 5.69 Å². The van der Waals surface area contributed by atoms with Crippen LogP contribution in [0.5, 0.6) is 0 Å². The summed E-state index contributed by atoms with van der Waals surface area (Å²) in [5.74, 6) is 0. The van der Waals surface area contributed by atoms with Gasteiger partial charge in [0.1, 0.15) is 0 Å². The van der Waals surface area contributed by atoms with Gasteiger partial charge < -0.3 is 5.73 Å². The SMILES string of the molecule is CCc1ccc([N+](=O)[O-])cc1S(=O)(=O)N[C@@H](C)CN.Cl. The normalized spacial score (nSPS) is 12.6. The van der Waals surface area contributed by atoms with E-state index in [2.05, 4.69) is 4.72 Å². The van der Waals surface area contributed by atoms with Gasteiger partial charge in [-0.15, -0.1) is 12.4 Å². The maximum atomic E-state index is 12.2. The van der Waals surface area contributed by atoms with E-state index in [1.807, 2.05) is 0 Å². The van der Waals surface area contributed by atoms with E-state index in [4.69, 9.17) is 5.73 Å². The molecule has 0 aliphatic carbocycles. The van der Waals surface area contributed by atoms with Gasteiger partial charge in [-0.1, -0.05) is 13.0 Å². The van der Waals surface area contributed by atoms with E-state index in [0.29, 0.717) is 12.0 Å². The van der Waals surface area contributed by atoms with E-state index in [1.54, 1.807) is 13.8 Å². The number of hydrogen-bond donors (Lipinski definition) is 2. The number of benzene rings is 1. The molecule has 0 amide bonds. The second-order valence-electron chi connectivity index (χ2n) is 4.16. The molecule has 0 fully saturated rings. The van der Waals surface area contributed by atoms with Crippen LogP contribution < -0.4 is 10.5 Å². The molecule has 0 heterocycles. The third-order valence-electron chi connectivity index (χ3n) is 2.64. The minimum absolute atomic E-state index is 0. The molecular weight excluding hydrogens is 306 g/mol. The highest BCUT2D eigenvalue weighted by atomic mass is 35.5. The first-order valence-corrected chi connectivity index (χ1v) is 7.29. The predicted molar refractivity (Wildman–Crippen MR) is 78.6 cm³/mol. The van der Waals surface area contributed by atoms with Crippen molar-refractivity contribution in [3.05, 3.63) is 33.9 Å². The van der Waals surface area contributed by atoms with E-state index >= 15 is 0 Å². The van der Waals surface area contributed by atoms with Crippen LogP contribution in [-0.4, -0.2) is 25.9 Å². The molecule has 7 nitrogen and oxygen atoms in total. The molecule has 0 radical (unpaired) electrons. The number of nitrogens with zero attached hydrogens (tertiary/aromatic N) is 1. The zero-order valence-electron chi connectivity index (χ0n) is 11.2. The van der Waals surface area contributed by atoms with Crippen molar-refractivity contribution in [2.45, 2.75) is 31.2 Å². The second kappa shape index (κ2) is 7.53. The Hall–Kier alpha value is -1.22. The first-order chi connectivity index (χ1) is 8.81. The molecule has 20 heavy (non-hydrogen) atoms. The van der Waals surface area contributed by atoms with Crippen molar-refractivity contribution >= 4 is 28.1 Å². The minimum Gasteiger partial charge on any atom is -0.329 e. The topological polar surface area (TPSA) is 115 Å². The highest BCUT2D eigenvalue weighted by Gasteiger charge is 2.22. The largest absolute Gasteiger partial charge is 0.329 e. The second-order valence-corrected chi connectivity index (χ2v) is 5.84. The first kappa shape index (κ1) is 18.8. The fraction of sp³-hybridized carbons (Fsp3) is 0.455. The van der Waals surface area contributed by atoms with Gasteiger partial charge in [0, 0.05) is 24.7 Å². The summed E-state index contributed by atoms with van der Waals surface area (Å²) in [5.41, 5.74) is 5.65. The summed E-state index contributed by atoms with van der Waals surface area (Å²) in [4.78, 5) is 10.0. The Balaban J connectivity index is 0.00000361. The van der Waals surface area contributed by atoms with Crippen LogP contribution >= 0.6 is 12.4 Å². The Kier molecular flexibility index (Phi) is 7.07. The third-order valence-corrected chi connectivity index (χ3v) is 4.31. The number of aryl methyl sites for hydroxylation is 1. The number of nitro benzene ring substituents is 1. The summed E-state index contributed by atoms with van der Waals surface area (Å²) in [6.45, 7) is 3.56. The minimum atomic E-state index is -3.80. The Morgan fingerprint density at radius 1 is 1.45 bits per heavy atom. The van der Waals surface area contributed by atoms with Crippen LogP contribution in [0.2, 0.25) is 0 Å². The maximum Gasteiger partial charge on any atom is 0.270 e. The molecule has 114 valence electrons. The van der Waals surface area contributed by atoms with Crippen molar-refractivity contribution in [3.8, 4) is 0 Å². The molecule has 0 saturated carbocycles. The summed E-state index contributed by atoms with van der Waals surface area (Å²) in [6, 6.07) is 3.39. The van der Waals surface area contributed by atoms with Crippen LogP contribution in [0.3, 0.4) is 0 Å². The standard InChI is InChI=1S/C11H17N3O4S.ClH/c1-3-9-4-5-10(14(15)16)6-11(9)19(17,18)13-8(2)7-12;/h4-6,8,13H,3,7,12H2,1-2H3;1H/t8-;/m0./s1. The van der Waals surface area contributed by atoms with Crippen LogP contribution in [0.1, 0.15) is 19.4 Å². The number of nitro groups is 1. The van der Waals surface area contributed by atoms with Gasteiger partial charge in [0.2, 0.25) is 10.0 Å². The molecule has 1 rings (SSSR count). The van der Waals surface area contributed by atoms with Crippen LogP contribution in [0, 0.1) is 10.1 Å². The van der Waals surface area contributed by atoms with Crippen molar-refractivity contribution in [2.24, 2.45) is 5.73 Å². The average Bonchev–Trinajstić information content (AvgIpc) is 2.37. The fourth-order valence-electron chi connectivity index (χ4n) is 1.58. The lowest BCUT2D eigenvalue weighted by atomic mass is 10.1. The number of halogens is 1. The number of nitrogens with two attached hydrogens (primary N) is 1. The Morgan fingerprint density at radius 2 is 2.05 bits per heavy atom. The number of hydrogen-bond acceptors (Lipinski definition) is 5. The van der Waals surface area contributed by atoms with Crippen LogP contribution in [0.25, 0.3) is 0 Å². The number of nitrogens with one attached hydrogen (secondary N) is 1. The van der Waals surface area contributed by atoms with Crippen molar-refractivity contribution in [3.63, 3.8) is 0 Å². The molecule has 0 aliphatic rings. The van der Waals surface area contributed by atoms with E-state index < -0.39 is 21.0 Å². The Labute approximate surface area is 124 Å². The summed E-state index contributed by atoms with van der Waals surface area (Å²) in [5, 5.41) is 10.7. The van der Waals surface area contributed by atoms with E-state index in [9.17, 15) is 18.5 Å². The Bertz CT molecular complexity index is 577. The third kappa shape index (κ3) is 4.41. The van der Waals surface area contributed by atoms with Gasteiger partial charge in [-0.05, 0) is 18.9 Å². The molecule has 0 aromatic heterocycles. The maximum absolute atomic E-state index is 12.2. The average molecular weight is 324 g/mol. The molecule has 3 N–H and O–H groups in total. The summed E-state index contributed by atoms with van der Waals surface area (Å²) < 4.78 is 26.7. The van der Waals surface area contributed by atoms with Crippen LogP contribution in [-0.2, 0) is 16.4 Å². The monoisotopic (exact) mass is 323 g/mol. The molecule has 9 heteroatoms. The summed E-state index contributed by atoms with van der Waals surface area (Å²) in [6.07, 6.45) is 0.464. The zero-order valence-corrected chi connectivity index (χ0v) is 12.8. The molecule has 1 aromatic rings. The van der Waals surface area contributed by atoms with Gasteiger partial charge in [-0.2, -0.15) is 0 Å². The fourth-order valence-corrected chi connectivity index (χ4v) is 3.16. The van der Waals surface area contributed by atoms with Crippen molar-refractivity contribution in [1.29, 1.82) is 0 Å². The smallest absolute Gasteiger partial charge is 0.270 e. The van der Waals surface area contributed by atoms with E-state index in [-0.39, 0.29) is 29.5 Å². The summed E-state index contributed by atoms with van der Waals surface area (Å²) >= 11 is 0. The highest BCUT2D eigenvalue weighted by molar-refractivity contribution is 7.89. The van der Waals surface area contributed by atoms with Gasteiger partial charge in [0.05, 0.1) is 9.82 Å². The highest BCUT2D eigenvalue weighted by Crippen LogP contribution is 2.22. The lowest BCUT2D eigenvalue weighted by molar-refractivity contribution is -0.385. The van der Waals surface area contributed by atoms with Crippen LogP contribution in [0.15, 0.2) is 23.1 Å². The van der Waals surface area contributed by atoms with E-state index in [1.165, 1.54) is 12.1 Å². The number of rotatable bonds is 6.